The lowest BCUT2D eigenvalue weighted by Gasteiger charge is -2.42. The molecule has 2 aromatic carbocycles. The zero-order valence-electron chi connectivity index (χ0n) is 32.9. The Morgan fingerprint density at radius 2 is 1.76 bits per heavy atom. The van der Waals surface area contributed by atoms with Gasteiger partial charge in [-0.25, -0.2) is 9.37 Å². The summed E-state index contributed by atoms with van der Waals surface area (Å²) in [5, 5.41) is 21.1. The van der Waals surface area contributed by atoms with E-state index in [4.69, 9.17) is 20.7 Å². The molecule has 302 valence electrons. The summed E-state index contributed by atoms with van der Waals surface area (Å²) in [7, 11) is 3.85. The van der Waals surface area contributed by atoms with Gasteiger partial charge in [-0.3, -0.25) is 24.3 Å². The smallest absolute Gasteiger partial charge is 0.228 e. The summed E-state index contributed by atoms with van der Waals surface area (Å²) in [6.45, 7) is 6.30. The summed E-state index contributed by atoms with van der Waals surface area (Å²) in [5.41, 5.74) is 11.4. The van der Waals surface area contributed by atoms with Gasteiger partial charge in [-0.05, 0) is 75.1 Å². The molecule has 0 bridgehead atoms. The normalized spacial score (nSPS) is 16.1. The number of halogens is 1. The van der Waals surface area contributed by atoms with E-state index in [0.29, 0.717) is 42.0 Å². The number of aryl methyl sites for hydroxylation is 1. The van der Waals surface area contributed by atoms with Crippen molar-refractivity contribution in [2.45, 2.75) is 57.2 Å². The van der Waals surface area contributed by atoms with Crippen LogP contribution in [0.1, 0.15) is 56.7 Å². The summed E-state index contributed by atoms with van der Waals surface area (Å²) < 4.78 is 24.6. The summed E-state index contributed by atoms with van der Waals surface area (Å²) in [5.74, 6) is 0.746. The second kappa shape index (κ2) is 16.6. The van der Waals surface area contributed by atoms with E-state index in [1.807, 2.05) is 42.9 Å². The van der Waals surface area contributed by atoms with E-state index in [1.165, 1.54) is 22.6 Å². The molecular weight excluding hydrogens is 742 g/mol. The highest BCUT2D eigenvalue weighted by molar-refractivity contribution is 5.93. The van der Waals surface area contributed by atoms with Crippen LogP contribution >= 0.6 is 0 Å². The molecule has 2 aliphatic heterocycles. The highest BCUT2D eigenvalue weighted by Gasteiger charge is 2.30. The van der Waals surface area contributed by atoms with Crippen molar-refractivity contribution >= 4 is 40.5 Å². The Kier molecular flexibility index (Phi) is 11.0. The van der Waals surface area contributed by atoms with Crippen molar-refractivity contribution in [1.82, 2.24) is 49.8 Å². The number of nitrogens with one attached hydrogen (secondary N) is 1. The molecule has 2 saturated heterocycles. The molecule has 0 radical (unpaired) electrons. The lowest BCUT2D eigenvalue weighted by atomic mass is 9.97. The number of ether oxygens (including phenoxy) is 1. The number of carbonyl (C=O) groups excluding carboxylic acids is 2. The predicted octanol–water partition coefficient (Wildman–Crippen LogP) is 4.68. The van der Waals surface area contributed by atoms with Gasteiger partial charge in [-0.15, -0.1) is 0 Å². The summed E-state index contributed by atoms with van der Waals surface area (Å²) in [4.78, 5) is 35.3. The molecular formula is C41H48FN13O3. The SMILES string of the molecule is CC(Oc1cc(-c2cnn(C3CCN(C4CCN(c5ccc6c(N(C)CCC(=O)NC=O)nn(C)c6c5)CC4)CC3)c2)cnc1N)c1cc(F)ccc1-n1nccn1. The number of amides is 2. The third-order valence-corrected chi connectivity index (χ3v) is 11.5. The van der Waals surface area contributed by atoms with Gasteiger partial charge in [0.15, 0.2) is 17.4 Å². The fourth-order valence-electron chi connectivity index (χ4n) is 8.24. The maximum atomic E-state index is 14.3. The highest BCUT2D eigenvalue weighted by atomic mass is 19.1. The topological polar surface area (TPSA) is 170 Å². The van der Waals surface area contributed by atoms with E-state index in [1.54, 1.807) is 24.7 Å². The van der Waals surface area contributed by atoms with Crippen LogP contribution in [0.25, 0.3) is 27.7 Å². The second-order valence-corrected chi connectivity index (χ2v) is 15.1. The summed E-state index contributed by atoms with van der Waals surface area (Å²) in [6, 6.07) is 13.6. The van der Waals surface area contributed by atoms with Crippen molar-refractivity contribution in [2.24, 2.45) is 7.05 Å². The van der Waals surface area contributed by atoms with Crippen LogP contribution in [-0.2, 0) is 16.6 Å². The van der Waals surface area contributed by atoms with Crippen molar-refractivity contribution in [1.29, 1.82) is 0 Å². The van der Waals surface area contributed by atoms with E-state index < -0.39 is 6.10 Å². The number of imide groups is 1. The number of nitrogens with two attached hydrogens (primary N) is 1. The van der Waals surface area contributed by atoms with Crippen LogP contribution in [0.5, 0.6) is 5.75 Å². The number of piperidine rings is 2. The van der Waals surface area contributed by atoms with Crippen LogP contribution in [0.2, 0.25) is 0 Å². The number of rotatable bonds is 13. The van der Waals surface area contributed by atoms with E-state index in [-0.39, 0.29) is 24.0 Å². The third kappa shape index (κ3) is 8.07. The van der Waals surface area contributed by atoms with Crippen LogP contribution in [0.4, 0.5) is 21.7 Å². The Morgan fingerprint density at radius 3 is 2.52 bits per heavy atom. The fraction of sp³-hybridized carbons (Fsp3) is 0.390. The first-order valence-electron chi connectivity index (χ1n) is 19.7. The molecule has 1 unspecified atom stereocenters. The molecule has 6 heterocycles. The number of hydrogen-bond donors (Lipinski definition) is 2. The lowest BCUT2D eigenvalue weighted by molar-refractivity contribution is -0.125. The fourth-order valence-corrected chi connectivity index (χ4v) is 8.24. The van der Waals surface area contributed by atoms with E-state index >= 15 is 0 Å². The van der Waals surface area contributed by atoms with Crippen LogP contribution < -0.4 is 25.6 Å². The number of likely N-dealkylation sites (tertiary alicyclic amines) is 1. The van der Waals surface area contributed by atoms with Gasteiger partial charge in [0, 0.05) is 99.4 Å². The van der Waals surface area contributed by atoms with Crippen LogP contribution in [-0.4, -0.2) is 103 Å². The van der Waals surface area contributed by atoms with Crippen molar-refractivity contribution < 1.29 is 18.7 Å². The first kappa shape index (κ1) is 38.5. The van der Waals surface area contributed by atoms with Gasteiger partial charge >= 0.3 is 0 Å². The number of pyridine rings is 1. The number of anilines is 3. The molecule has 2 aliphatic rings. The first-order valence-corrected chi connectivity index (χ1v) is 19.7. The third-order valence-electron chi connectivity index (χ3n) is 11.5. The largest absolute Gasteiger partial charge is 0.482 e. The number of carbonyl (C=O) groups is 2. The molecule has 16 nitrogen and oxygen atoms in total. The van der Waals surface area contributed by atoms with Gasteiger partial charge in [0.2, 0.25) is 12.3 Å². The molecule has 0 spiro atoms. The predicted molar refractivity (Wildman–Crippen MR) is 218 cm³/mol. The summed E-state index contributed by atoms with van der Waals surface area (Å²) in [6.07, 6.45) is 13.1. The lowest BCUT2D eigenvalue weighted by Crippen LogP contribution is -2.48. The van der Waals surface area contributed by atoms with Crippen LogP contribution in [0.15, 0.2) is 73.4 Å². The average Bonchev–Trinajstić information content (AvgIpc) is 4.03. The van der Waals surface area contributed by atoms with Crippen LogP contribution in [0.3, 0.4) is 0 Å². The zero-order chi connectivity index (χ0) is 40.3. The molecule has 2 amide bonds. The number of aromatic nitrogens is 8. The molecule has 0 saturated carbocycles. The highest BCUT2D eigenvalue weighted by Crippen LogP contribution is 2.35. The first-order chi connectivity index (χ1) is 28.1. The monoisotopic (exact) mass is 789 g/mol. The van der Waals surface area contributed by atoms with Crippen molar-refractivity contribution in [3.05, 3.63) is 84.8 Å². The Morgan fingerprint density at radius 1 is 1.00 bits per heavy atom. The molecule has 2 fully saturated rings. The Hall–Kier alpha value is -6.36. The molecule has 4 aromatic heterocycles. The number of hydrogen-bond acceptors (Lipinski definition) is 12. The van der Waals surface area contributed by atoms with Gasteiger partial charge in [0.05, 0.1) is 35.8 Å². The molecule has 3 N–H and O–H groups in total. The Bertz CT molecular complexity index is 2380. The molecule has 1 atom stereocenters. The number of fused-ring (bicyclic) bond motifs is 1. The van der Waals surface area contributed by atoms with Crippen molar-refractivity contribution in [3.8, 4) is 22.6 Å². The Balaban J connectivity index is 0.850. The van der Waals surface area contributed by atoms with Crippen LogP contribution in [0, 0.1) is 5.82 Å². The van der Waals surface area contributed by atoms with Crippen molar-refractivity contribution in [2.75, 3.05) is 55.3 Å². The second-order valence-electron chi connectivity index (χ2n) is 15.1. The zero-order valence-corrected chi connectivity index (χ0v) is 32.9. The van der Waals surface area contributed by atoms with Crippen molar-refractivity contribution in [3.63, 3.8) is 0 Å². The maximum Gasteiger partial charge on any atom is 0.228 e. The van der Waals surface area contributed by atoms with E-state index in [0.717, 1.165) is 79.7 Å². The number of benzene rings is 2. The molecule has 0 aliphatic carbocycles. The summed E-state index contributed by atoms with van der Waals surface area (Å²) >= 11 is 0. The molecule has 17 heteroatoms. The quantitative estimate of drug-likeness (QED) is 0.155. The minimum atomic E-state index is -0.570. The van der Waals surface area contributed by atoms with Gasteiger partial charge < -0.3 is 25.2 Å². The molecule has 8 rings (SSSR count). The van der Waals surface area contributed by atoms with Gasteiger partial charge in [-0.2, -0.15) is 25.2 Å². The standard InChI is InChI=1S/C41H48FN13O3/c1-27(35-21-30(42)4-7-36(35)55-46-13-14-47-55)58-38-20-28(23-44-40(38)43)29-24-48-54(25-29)32-10-18-52(19-11-32)31-8-16-53(17-9-31)33-5-6-34-37(22-33)51(3)49-41(34)50(2)15-12-39(57)45-26-56/h4-7,13-14,20-27,31-32H,8-12,15-19H2,1-3H3,(H2,43,44)(H,45,56,57). The number of nitrogen functional groups attached to an aromatic ring is 1. The van der Waals surface area contributed by atoms with Gasteiger partial charge in [0.1, 0.15) is 11.9 Å². The van der Waals surface area contributed by atoms with E-state index in [2.05, 4.69) is 59.4 Å². The Labute approximate surface area is 335 Å². The molecule has 58 heavy (non-hydrogen) atoms. The van der Waals surface area contributed by atoms with Gasteiger partial charge in [0.25, 0.3) is 0 Å². The minimum absolute atomic E-state index is 0.206. The van der Waals surface area contributed by atoms with E-state index in [9.17, 15) is 14.0 Å². The molecule has 6 aromatic rings. The van der Waals surface area contributed by atoms with Gasteiger partial charge in [-0.1, -0.05) is 0 Å². The number of nitrogens with zero attached hydrogens (tertiary/aromatic N) is 11. The average molecular weight is 790 g/mol. The minimum Gasteiger partial charge on any atom is -0.482 e. The maximum absolute atomic E-state index is 14.3.